The van der Waals surface area contributed by atoms with Gasteiger partial charge in [0.2, 0.25) is 0 Å². The van der Waals surface area contributed by atoms with Crippen LogP contribution in [0.25, 0.3) is 27.5 Å². The zero-order chi connectivity index (χ0) is 45.3. The van der Waals surface area contributed by atoms with Gasteiger partial charge in [-0.3, -0.25) is 0 Å². The fourth-order valence-electron chi connectivity index (χ4n) is 12.5. The van der Waals surface area contributed by atoms with Gasteiger partial charge in [-0.2, -0.15) is 0 Å². The molecule has 0 radical (unpaired) electrons. The normalized spacial score (nSPS) is 20.2. The third kappa shape index (κ3) is 5.82. The van der Waals surface area contributed by atoms with E-state index in [2.05, 4.69) is 218 Å². The highest BCUT2D eigenvalue weighted by atomic mass is 28.3. The van der Waals surface area contributed by atoms with Crippen LogP contribution in [0.5, 0.6) is 0 Å². The number of anilines is 5. The molecule has 0 saturated heterocycles. The van der Waals surface area contributed by atoms with E-state index >= 15 is 0 Å². The lowest BCUT2D eigenvalue weighted by Gasteiger charge is -2.52. The van der Waals surface area contributed by atoms with Crippen LogP contribution in [-0.4, -0.2) is 33.0 Å². The van der Waals surface area contributed by atoms with Crippen LogP contribution in [0.4, 0.5) is 28.4 Å². The van der Waals surface area contributed by atoms with Gasteiger partial charge in [0.25, 0.3) is 6.71 Å². The van der Waals surface area contributed by atoms with Crippen LogP contribution in [0.3, 0.4) is 0 Å². The van der Waals surface area contributed by atoms with E-state index in [0.29, 0.717) is 0 Å². The lowest BCUT2D eigenvalue weighted by atomic mass is 9.33. The van der Waals surface area contributed by atoms with E-state index < -0.39 is 16.1 Å². The van der Waals surface area contributed by atoms with Crippen molar-refractivity contribution < 1.29 is 0 Å². The minimum absolute atomic E-state index is 0.0144. The molecule has 6 aromatic carbocycles. The van der Waals surface area contributed by atoms with Gasteiger partial charge >= 0.3 is 0 Å². The number of hydrogen-bond acceptors (Lipinski definition) is 2. The first-order valence-electron chi connectivity index (χ1n) is 24.3. The third-order valence-corrected chi connectivity index (χ3v) is 20.7. The Bertz CT molecular complexity index is 3020. The molecule has 1 aliphatic carbocycles. The summed E-state index contributed by atoms with van der Waals surface area (Å²) in [5.74, 6) is 0. The lowest BCUT2D eigenvalue weighted by Crippen LogP contribution is -2.64. The molecule has 0 bridgehead atoms. The molecular weight excluding hydrogens is 806 g/mol. The first-order valence-corrected chi connectivity index (χ1v) is 31.3. The molecular formula is C58H68BN3Si2. The summed E-state index contributed by atoms with van der Waals surface area (Å²) in [5, 5.41) is 5.71. The maximum Gasteiger partial charge on any atom is 0.252 e. The molecule has 64 heavy (non-hydrogen) atoms. The second-order valence-corrected chi connectivity index (χ2v) is 34.8. The van der Waals surface area contributed by atoms with E-state index in [0.717, 1.165) is 0 Å². The number of hydrogen-bond donors (Lipinski definition) is 0. The van der Waals surface area contributed by atoms with Crippen molar-refractivity contribution in [2.45, 2.75) is 142 Å². The monoisotopic (exact) mass is 874 g/mol. The predicted octanol–water partition coefficient (Wildman–Crippen LogP) is 12.8. The summed E-state index contributed by atoms with van der Waals surface area (Å²) in [5.41, 5.74) is 19.2. The number of rotatable bonds is 5. The van der Waals surface area contributed by atoms with Crippen LogP contribution in [0, 0.1) is 0 Å². The summed E-state index contributed by atoms with van der Waals surface area (Å²) in [7, 11) is -3.04. The van der Waals surface area contributed by atoms with Crippen molar-refractivity contribution in [2.75, 3.05) is 9.80 Å². The molecule has 1 aromatic heterocycles. The average molecular weight is 874 g/mol. The van der Waals surface area contributed by atoms with Crippen molar-refractivity contribution in [3.8, 4) is 5.69 Å². The van der Waals surface area contributed by atoms with E-state index in [4.69, 9.17) is 0 Å². The SMILES string of the molecule is CC(C)(C)c1ccc2c(c1)c1cc(C(C)(C)C)cc3c1n2-c1cc(N(c2ccc([Si](C)(C)C)cc2)c2ccc([Si](C)(C)C)cc2)cc2c1B3c1cccc3c1N2C1(C)CCCCC31C. The largest absolute Gasteiger partial charge is 0.335 e. The van der Waals surface area contributed by atoms with Gasteiger partial charge in [0.1, 0.15) is 0 Å². The zero-order valence-electron chi connectivity index (χ0n) is 41.1. The van der Waals surface area contributed by atoms with Crippen molar-refractivity contribution in [3.63, 3.8) is 0 Å². The number of fused-ring (bicyclic) bond motifs is 10. The quantitative estimate of drug-likeness (QED) is 0.160. The highest BCUT2D eigenvalue weighted by Gasteiger charge is 2.61. The Morgan fingerprint density at radius 1 is 0.578 bits per heavy atom. The summed E-state index contributed by atoms with van der Waals surface area (Å²) in [4.78, 5) is 5.47. The third-order valence-electron chi connectivity index (χ3n) is 16.5. The molecule has 4 aliphatic rings. The molecule has 1 fully saturated rings. The molecule has 1 saturated carbocycles. The first kappa shape index (κ1) is 41.9. The summed E-state index contributed by atoms with van der Waals surface area (Å²) in [6.07, 6.45) is 4.93. The second kappa shape index (κ2) is 13.4. The summed E-state index contributed by atoms with van der Waals surface area (Å²) < 4.78 is 2.70. The van der Waals surface area contributed by atoms with E-state index in [9.17, 15) is 0 Å². The molecule has 4 heterocycles. The maximum atomic E-state index is 2.90. The van der Waals surface area contributed by atoms with Crippen LogP contribution in [0.15, 0.2) is 109 Å². The molecule has 0 spiro atoms. The summed E-state index contributed by atoms with van der Waals surface area (Å²) >= 11 is 0. The van der Waals surface area contributed by atoms with E-state index in [1.165, 1.54) is 120 Å². The van der Waals surface area contributed by atoms with Gasteiger partial charge in [-0.15, -0.1) is 0 Å². The smallest absolute Gasteiger partial charge is 0.252 e. The van der Waals surface area contributed by atoms with E-state index in [1.807, 2.05) is 0 Å². The van der Waals surface area contributed by atoms with Crippen molar-refractivity contribution >= 4 is 99.9 Å². The Hall–Kier alpha value is -4.78. The molecule has 3 aliphatic heterocycles. The topological polar surface area (TPSA) is 11.4 Å². The fraction of sp³-hybridized carbons (Fsp3) is 0.379. The predicted molar refractivity (Wildman–Crippen MR) is 286 cm³/mol. The van der Waals surface area contributed by atoms with Crippen molar-refractivity contribution in [2.24, 2.45) is 0 Å². The molecule has 2 atom stereocenters. The average Bonchev–Trinajstić information content (AvgIpc) is 3.67. The Balaban J connectivity index is 1.29. The molecule has 7 aromatic rings. The summed E-state index contributed by atoms with van der Waals surface area (Å²) in [6, 6.07) is 44.4. The zero-order valence-corrected chi connectivity index (χ0v) is 43.1. The first-order chi connectivity index (χ1) is 30.0. The van der Waals surface area contributed by atoms with Gasteiger partial charge in [0.05, 0.1) is 32.9 Å². The van der Waals surface area contributed by atoms with Gasteiger partial charge in [-0.1, -0.05) is 166 Å². The Morgan fingerprint density at radius 2 is 1.16 bits per heavy atom. The molecule has 326 valence electrons. The number of para-hydroxylation sites is 1. The number of nitrogens with zero attached hydrogens (tertiary/aromatic N) is 3. The molecule has 6 heteroatoms. The molecule has 3 nitrogen and oxygen atoms in total. The molecule has 0 amide bonds. The Morgan fingerprint density at radius 3 is 1.75 bits per heavy atom. The molecule has 11 rings (SSSR count). The maximum absolute atomic E-state index is 2.90. The lowest BCUT2D eigenvalue weighted by molar-refractivity contribution is 0.195. The summed E-state index contributed by atoms with van der Waals surface area (Å²) in [6.45, 7) is 34.3. The highest BCUT2D eigenvalue weighted by Crippen LogP contribution is 2.62. The van der Waals surface area contributed by atoms with E-state index in [1.54, 1.807) is 5.56 Å². The van der Waals surface area contributed by atoms with Crippen LogP contribution in [-0.2, 0) is 16.2 Å². The minimum Gasteiger partial charge on any atom is -0.335 e. The van der Waals surface area contributed by atoms with Gasteiger partial charge in [-0.05, 0) is 118 Å². The van der Waals surface area contributed by atoms with Crippen molar-refractivity contribution in [1.29, 1.82) is 0 Å². The Labute approximate surface area is 386 Å². The second-order valence-electron chi connectivity index (χ2n) is 24.7. The van der Waals surface area contributed by atoms with Crippen LogP contribution in [0.1, 0.15) is 97.8 Å². The number of benzene rings is 6. The van der Waals surface area contributed by atoms with Crippen molar-refractivity contribution in [3.05, 3.63) is 126 Å². The van der Waals surface area contributed by atoms with Crippen LogP contribution >= 0.6 is 0 Å². The fourth-order valence-corrected chi connectivity index (χ4v) is 14.8. The van der Waals surface area contributed by atoms with Crippen LogP contribution < -0.4 is 36.6 Å². The van der Waals surface area contributed by atoms with E-state index in [-0.39, 0.29) is 28.5 Å². The highest BCUT2D eigenvalue weighted by molar-refractivity contribution is 7.00. The molecule has 2 unspecified atom stereocenters. The van der Waals surface area contributed by atoms with Crippen LogP contribution in [0.2, 0.25) is 39.3 Å². The van der Waals surface area contributed by atoms with Crippen molar-refractivity contribution in [1.82, 2.24) is 4.57 Å². The molecule has 0 N–H and O–H groups in total. The van der Waals surface area contributed by atoms with Gasteiger partial charge in [0, 0.05) is 50.1 Å². The Kier molecular flexibility index (Phi) is 8.78. The number of aromatic nitrogens is 1. The minimum atomic E-state index is -1.52. The van der Waals surface area contributed by atoms with Gasteiger partial charge in [0.15, 0.2) is 0 Å². The van der Waals surface area contributed by atoms with Gasteiger partial charge < -0.3 is 14.4 Å². The van der Waals surface area contributed by atoms with Gasteiger partial charge in [-0.25, -0.2) is 0 Å². The standard InChI is InChI=1S/C58H68BN3Si2/c1-55(2,3)37-20-29-49-44(32-37)45-33-38(56(4,5)6)34-48-53(45)61(49)50-35-41(60(39-21-25-42(26-22-39)63(9,10)11)40-23-27-43(28-24-40)64(12,13)14)36-51-52(50)59(48)47-19-17-18-46-54(47)62(51)58(8)31-16-15-30-57(46,58)7/h17-29,32-36H,15-16,30-31H2,1-14H3.